The van der Waals surface area contributed by atoms with Crippen LogP contribution in [0.1, 0.15) is 23.7 Å². The fourth-order valence-corrected chi connectivity index (χ4v) is 3.21. The lowest BCUT2D eigenvalue weighted by Gasteiger charge is -2.23. The van der Waals surface area contributed by atoms with Gasteiger partial charge in [-0.2, -0.15) is 23.3 Å². The lowest BCUT2D eigenvalue weighted by atomic mass is 10.2. The molecule has 4 heterocycles. The second-order valence-corrected chi connectivity index (χ2v) is 6.86. The van der Waals surface area contributed by atoms with Gasteiger partial charge >= 0.3 is 6.18 Å². The van der Waals surface area contributed by atoms with E-state index in [4.69, 9.17) is 0 Å². The predicted molar refractivity (Wildman–Crippen MR) is 96.2 cm³/mol. The molecule has 1 unspecified atom stereocenters. The summed E-state index contributed by atoms with van der Waals surface area (Å²) in [4.78, 5) is 23.3. The summed E-state index contributed by atoms with van der Waals surface area (Å²) in [6.07, 6.45) is 0.421. The molecule has 0 bridgehead atoms. The normalized spacial score (nSPS) is 17.2. The second kappa shape index (κ2) is 6.50. The summed E-state index contributed by atoms with van der Waals surface area (Å²) >= 11 is 0. The molecule has 0 saturated heterocycles. The van der Waals surface area contributed by atoms with Gasteiger partial charge in [0, 0.05) is 44.0 Å². The van der Waals surface area contributed by atoms with Crippen molar-refractivity contribution in [2.45, 2.75) is 38.7 Å². The molecule has 0 spiro atoms. The average Bonchev–Trinajstić information content (AvgIpc) is 3.21. The van der Waals surface area contributed by atoms with Crippen molar-refractivity contribution in [2.24, 2.45) is 0 Å². The van der Waals surface area contributed by atoms with Crippen molar-refractivity contribution in [1.82, 2.24) is 24.3 Å². The Morgan fingerprint density at radius 2 is 2.11 bits per heavy atom. The largest absolute Gasteiger partial charge is 0.408 e. The first-order valence-electron chi connectivity index (χ1n) is 8.68. The SMILES string of the molecule is CC1CC(=O)n2ccc3nc(NCc4cnn(CC(F)(F)F)c4)nc(c32)N1C. The van der Waals surface area contributed by atoms with Crippen LogP contribution in [0.3, 0.4) is 0 Å². The van der Waals surface area contributed by atoms with Crippen molar-refractivity contribution < 1.29 is 18.0 Å². The first-order valence-corrected chi connectivity index (χ1v) is 8.68. The van der Waals surface area contributed by atoms with Crippen LogP contribution in [0.15, 0.2) is 24.7 Å². The van der Waals surface area contributed by atoms with E-state index in [1.165, 1.54) is 12.4 Å². The third kappa shape index (κ3) is 3.39. The van der Waals surface area contributed by atoms with Crippen molar-refractivity contribution in [3.8, 4) is 0 Å². The van der Waals surface area contributed by atoms with E-state index >= 15 is 0 Å². The number of hydrogen-bond donors (Lipinski definition) is 1. The molecule has 11 heteroatoms. The minimum Gasteiger partial charge on any atom is -0.355 e. The predicted octanol–water partition coefficient (Wildman–Crippen LogP) is 2.67. The Morgan fingerprint density at radius 1 is 1.32 bits per heavy atom. The zero-order valence-electron chi connectivity index (χ0n) is 15.2. The summed E-state index contributed by atoms with van der Waals surface area (Å²) in [5.74, 6) is 0.940. The summed E-state index contributed by atoms with van der Waals surface area (Å²) in [6.45, 7) is 1.03. The monoisotopic (exact) mass is 393 g/mol. The van der Waals surface area contributed by atoms with Gasteiger partial charge in [0.1, 0.15) is 12.1 Å². The molecule has 1 aliphatic rings. The molecule has 0 amide bonds. The smallest absolute Gasteiger partial charge is 0.355 e. The number of carbonyl (C=O) groups excluding carboxylic acids is 1. The van der Waals surface area contributed by atoms with Crippen LogP contribution in [0.5, 0.6) is 0 Å². The van der Waals surface area contributed by atoms with Gasteiger partial charge in [-0.15, -0.1) is 0 Å². The lowest BCUT2D eigenvalue weighted by Crippen LogP contribution is -2.30. The molecule has 4 rings (SSSR count). The van der Waals surface area contributed by atoms with E-state index in [2.05, 4.69) is 20.4 Å². The highest BCUT2D eigenvalue weighted by atomic mass is 19.4. The number of anilines is 2. The molecule has 148 valence electrons. The Hall–Kier alpha value is -3.11. The van der Waals surface area contributed by atoms with Gasteiger partial charge in [0.15, 0.2) is 5.82 Å². The van der Waals surface area contributed by atoms with E-state index in [-0.39, 0.29) is 18.5 Å². The zero-order valence-corrected chi connectivity index (χ0v) is 15.2. The summed E-state index contributed by atoms with van der Waals surface area (Å²) in [5.41, 5.74) is 1.85. The lowest BCUT2D eigenvalue weighted by molar-refractivity contribution is -0.142. The Bertz CT molecular complexity index is 1040. The maximum Gasteiger partial charge on any atom is 0.408 e. The number of carbonyl (C=O) groups is 1. The maximum atomic E-state index is 12.4. The molecule has 0 aliphatic carbocycles. The standard InChI is InChI=1S/C17H18F3N7O/c1-10-5-13(28)27-4-3-12-14(27)15(25(10)2)24-16(23-12)21-6-11-7-22-26(8-11)9-17(18,19)20/h3-4,7-8,10H,5-6,9H2,1-2H3,(H,21,23,24). The number of alkyl halides is 3. The molecule has 3 aromatic rings. The van der Waals surface area contributed by atoms with Gasteiger partial charge in [-0.05, 0) is 13.0 Å². The summed E-state index contributed by atoms with van der Waals surface area (Å²) in [7, 11) is 1.87. The molecule has 1 N–H and O–H groups in total. The molecule has 0 fully saturated rings. The van der Waals surface area contributed by atoms with Crippen LogP contribution in [-0.2, 0) is 13.1 Å². The fraction of sp³-hybridized carbons (Fsp3) is 0.412. The Labute approximate surface area is 158 Å². The Balaban J connectivity index is 1.59. The van der Waals surface area contributed by atoms with Crippen LogP contribution in [0.25, 0.3) is 11.0 Å². The van der Waals surface area contributed by atoms with Gasteiger partial charge in [-0.25, -0.2) is 4.98 Å². The quantitative estimate of drug-likeness (QED) is 0.734. The van der Waals surface area contributed by atoms with E-state index in [1.807, 2.05) is 18.9 Å². The van der Waals surface area contributed by atoms with E-state index < -0.39 is 12.7 Å². The van der Waals surface area contributed by atoms with E-state index in [0.717, 1.165) is 4.68 Å². The van der Waals surface area contributed by atoms with Crippen LogP contribution in [0, 0.1) is 0 Å². The van der Waals surface area contributed by atoms with Gasteiger partial charge in [0.2, 0.25) is 11.9 Å². The number of halogens is 3. The van der Waals surface area contributed by atoms with Gasteiger partial charge < -0.3 is 10.2 Å². The number of rotatable bonds is 4. The first-order chi connectivity index (χ1) is 13.2. The third-order valence-corrected chi connectivity index (χ3v) is 4.73. The highest BCUT2D eigenvalue weighted by Crippen LogP contribution is 2.30. The molecule has 1 aliphatic heterocycles. The molecule has 0 radical (unpaired) electrons. The third-order valence-electron chi connectivity index (χ3n) is 4.73. The number of nitrogens with one attached hydrogen (secondary N) is 1. The zero-order chi connectivity index (χ0) is 20.1. The van der Waals surface area contributed by atoms with Gasteiger partial charge in [0.25, 0.3) is 0 Å². The molecule has 28 heavy (non-hydrogen) atoms. The van der Waals surface area contributed by atoms with Crippen LogP contribution < -0.4 is 10.2 Å². The number of aromatic nitrogens is 5. The second-order valence-electron chi connectivity index (χ2n) is 6.86. The highest BCUT2D eigenvalue weighted by molar-refractivity contribution is 5.98. The molecule has 0 aromatic carbocycles. The van der Waals surface area contributed by atoms with Crippen molar-refractivity contribution in [3.05, 3.63) is 30.2 Å². The minimum absolute atomic E-state index is 0.0190. The summed E-state index contributed by atoms with van der Waals surface area (Å²) < 4.78 is 39.7. The number of nitrogens with zero attached hydrogens (tertiary/aromatic N) is 6. The molecular weight excluding hydrogens is 375 g/mol. The van der Waals surface area contributed by atoms with Crippen molar-refractivity contribution in [3.63, 3.8) is 0 Å². The molecular formula is C17H18F3N7O. The van der Waals surface area contributed by atoms with Crippen LogP contribution in [0.2, 0.25) is 0 Å². The van der Waals surface area contributed by atoms with Crippen molar-refractivity contribution in [2.75, 3.05) is 17.3 Å². The number of hydrogen-bond acceptors (Lipinski definition) is 6. The maximum absolute atomic E-state index is 12.4. The first kappa shape index (κ1) is 18.3. The summed E-state index contributed by atoms with van der Waals surface area (Å²) in [6, 6.07) is 1.72. The highest BCUT2D eigenvalue weighted by Gasteiger charge is 2.29. The van der Waals surface area contributed by atoms with E-state index in [9.17, 15) is 18.0 Å². The van der Waals surface area contributed by atoms with Crippen molar-refractivity contribution >= 4 is 28.7 Å². The minimum atomic E-state index is -4.32. The molecule has 8 nitrogen and oxygen atoms in total. The Morgan fingerprint density at radius 3 is 2.86 bits per heavy atom. The van der Waals surface area contributed by atoms with Crippen molar-refractivity contribution in [1.29, 1.82) is 0 Å². The summed E-state index contributed by atoms with van der Waals surface area (Å²) in [5, 5.41) is 6.75. The van der Waals surface area contributed by atoms with Crippen LogP contribution in [0.4, 0.5) is 24.9 Å². The van der Waals surface area contributed by atoms with Crippen LogP contribution in [-0.4, -0.2) is 49.5 Å². The van der Waals surface area contributed by atoms with Gasteiger partial charge in [-0.1, -0.05) is 0 Å². The molecule has 3 aromatic heterocycles. The fourth-order valence-electron chi connectivity index (χ4n) is 3.21. The van der Waals surface area contributed by atoms with E-state index in [0.29, 0.717) is 34.8 Å². The van der Waals surface area contributed by atoms with E-state index in [1.54, 1.807) is 16.8 Å². The molecule has 0 saturated carbocycles. The van der Waals surface area contributed by atoms with Gasteiger partial charge in [-0.3, -0.25) is 14.0 Å². The Kier molecular flexibility index (Phi) is 4.24. The van der Waals surface area contributed by atoms with Crippen LogP contribution >= 0.6 is 0 Å². The topological polar surface area (TPSA) is 80.9 Å². The van der Waals surface area contributed by atoms with Gasteiger partial charge in [0.05, 0.1) is 11.7 Å². The average molecular weight is 393 g/mol. The molecule has 1 atom stereocenters.